The first-order valence-corrected chi connectivity index (χ1v) is 7.16. The molecule has 0 aliphatic carbocycles. The van der Waals surface area contributed by atoms with Gasteiger partial charge >= 0.3 is 0 Å². The molecular formula is C16H22N2O. The van der Waals surface area contributed by atoms with Crippen LogP contribution in [0.3, 0.4) is 0 Å². The van der Waals surface area contributed by atoms with Crippen molar-refractivity contribution in [3.63, 3.8) is 0 Å². The highest BCUT2D eigenvalue weighted by molar-refractivity contribution is 5.91. The lowest BCUT2D eigenvalue weighted by atomic mass is 9.96. The Kier molecular flexibility index (Phi) is 3.47. The largest absolute Gasteiger partial charge is 0.495 e. The van der Waals surface area contributed by atoms with Gasteiger partial charge in [0.25, 0.3) is 0 Å². The zero-order chi connectivity index (χ0) is 13.2. The van der Waals surface area contributed by atoms with E-state index in [1.54, 1.807) is 7.11 Å². The van der Waals surface area contributed by atoms with E-state index >= 15 is 0 Å². The number of hydrogen-bond acceptors (Lipinski definition) is 2. The highest BCUT2D eigenvalue weighted by Gasteiger charge is 2.17. The first-order valence-electron chi connectivity index (χ1n) is 7.16. The average Bonchev–Trinajstić information content (AvgIpc) is 2.85. The zero-order valence-electron chi connectivity index (χ0n) is 11.8. The van der Waals surface area contributed by atoms with E-state index in [0.717, 1.165) is 24.2 Å². The Hall–Kier alpha value is -1.48. The van der Waals surface area contributed by atoms with Gasteiger partial charge in [-0.25, -0.2) is 0 Å². The molecule has 19 heavy (non-hydrogen) atoms. The molecule has 1 unspecified atom stereocenters. The second-order valence-corrected chi connectivity index (χ2v) is 5.50. The molecule has 1 atom stereocenters. The molecule has 102 valence electrons. The van der Waals surface area contributed by atoms with Crippen molar-refractivity contribution in [2.24, 2.45) is 0 Å². The molecular weight excluding hydrogens is 236 g/mol. The van der Waals surface area contributed by atoms with Crippen LogP contribution in [0.15, 0.2) is 18.3 Å². The molecule has 2 heterocycles. The zero-order valence-corrected chi connectivity index (χ0v) is 11.8. The lowest BCUT2D eigenvalue weighted by Crippen LogP contribution is -2.35. The van der Waals surface area contributed by atoms with Crippen molar-refractivity contribution < 1.29 is 4.74 Å². The average molecular weight is 258 g/mol. The van der Waals surface area contributed by atoms with Gasteiger partial charge in [-0.2, -0.15) is 0 Å². The van der Waals surface area contributed by atoms with Crippen LogP contribution in [0.25, 0.3) is 10.9 Å². The van der Waals surface area contributed by atoms with Gasteiger partial charge in [0, 0.05) is 17.6 Å². The third kappa shape index (κ3) is 2.35. The highest BCUT2D eigenvalue weighted by Crippen LogP contribution is 2.31. The van der Waals surface area contributed by atoms with Gasteiger partial charge in [-0.1, -0.05) is 12.5 Å². The minimum Gasteiger partial charge on any atom is -0.495 e. The van der Waals surface area contributed by atoms with Gasteiger partial charge in [-0.05, 0) is 49.9 Å². The fraction of sp³-hybridized carbons (Fsp3) is 0.500. The van der Waals surface area contributed by atoms with Gasteiger partial charge in [-0.15, -0.1) is 0 Å². The molecule has 1 aromatic carbocycles. The van der Waals surface area contributed by atoms with Gasteiger partial charge in [0.2, 0.25) is 0 Å². The summed E-state index contributed by atoms with van der Waals surface area (Å²) < 4.78 is 5.44. The molecule has 0 radical (unpaired) electrons. The summed E-state index contributed by atoms with van der Waals surface area (Å²) in [5, 5.41) is 4.96. The number of fused-ring (bicyclic) bond motifs is 1. The summed E-state index contributed by atoms with van der Waals surface area (Å²) in [5.74, 6) is 0.934. The summed E-state index contributed by atoms with van der Waals surface area (Å²) in [4.78, 5) is 3.39. The third-order valence-corrected chi connectivity index (χ3v) is 4.19. The molecule has 2 aromatic rings. The van der Waals surface area contributed by atoms with Crippen LogP contribution in [-0.2, 0) is 6.42 Å². The number of H-pyrrole nitrogens is 1. The SMILES string of the molecule is COc1ccc(C)c2c(CC3CCCCN3)c[nH]c12. The standard InChI is InChI=1S/C16H22N2O/c1-11-6-7-14(19-2)16-15(11)12(10-18-16)9-13-5-3-4-8-17-13/h6-7,10,13,17-18H,3-5,8-9H2,1-2H3. The molecule has 1 saturated heterocycles. The number of ether oxygens (including phenoxy) is 1. The maximum Gasteiger partial charge on any atom is 0.142 e. The number of piperidine rings is 1. The van der Waals surface area contributed by atoms with Crippen LogP contribution in [0.5, 0.6) is 5.75 Å². The highest BCUT2D eigenvalue weighted by atomic mass is 16.5. The van der Waals surface area contributed by atoms with Crippen LogP contribution in [0.1, 0.15) is 30.4 Å². The summed E-state index contributed by atoms with van der Waals surface area (Å²) in [6, 6.07) is 4.81. The van der Waals surface area contributed by atoms with Crippen molar-refractivity contribution in [3.05, 3.63) is 29.5 Å². The molecule has 0 amide bonds. The lowest BCUT2D eigenvalue weighted by Gasteiger charge is -2.23. The van der Waals surface area contributed by atoms with E-state index in [1.165, 1.54) is 35.8 Å². The van der Waals surface area contributed by atoms with E-state index in [1.807, 2.05) is 6.07 Å². The van der Waals surface area contributed by atoms with Crippen LogP contribution in [0, 0.1) is 6.92 Å². The number of aryl methyl sites for hydroxylation is 1. The summed E-state index contributed by atoms with van der Waals surface area (Å²) in [7, 11) is 1.73. The Labute approximate surface area is 114 Å². The van der Waals surface area contributed by atoms with Crippen molar-refractivity contribution >= 4 is 10.9 Å². The lowest BCUT2D eigenvalue weighted by molar-refractivity contribution is 0.400. The normalized spacial score (nSPS) is 19.8. The fourth-order valence-electron chi connectivity index (χ4n) is 3.17. The van der Waals surface area contributed by atoms with E-state index in [9.17, 15) is 0 Å². The van der Waals surface area contributed by atoms with Crippen LogP contribution in [0.4, 0.5) is 0 Å². The van der Waals surface area contributed by atoms with Crippen molar-refractivity contribution in [1.82, 2.24) is 10.3 Å². The van der Waals surface area contributed by atoms with Crippen LogP contribution < -0.4 is 10.1 Å². The second kappa shape index (κ2) is 5.25. The van der Waals surface area contributed by atoms with E-state index in [0.29, 0.717) is 6.04 Å². The Morgan fingerprint density at radius 1 is 1.32 bits per heavy atom. The van der Waals surface area contributed by atoms with Gasteiger partial charge in [-0.3, -0.25) is 0 Å². The van der Waals surface area contributed by atoms with E-state index in [4.69, 9.17) is 4.74 Å². The fourth-order valence-corrected chi connectivity index (χ4v) is 3.17. The van der Waals surface area contributed by atoms with Crippen molar-refractivity contribution in [3.8, 4) is 5.75 Å². The van der Waals surface area contributed by atoms with E-state index in [-0.39, 0.29) is 0 Å². The Bertz CT molecular complexity index is 567. The van der Waals surface area contributed by atoms with Gasteiger partial charge in [0.15, 0.2) is 0 Å². The quantitative estimate of drug-likeness (QED) is 0.887. The van der Waals surface area contributed by atoms with Crippen molar-refractivity contribution in [2.75, 3.05) is 13.7 Å². The Morgan fingerprint density at radius 2 is 2.21 bits per heavy atom. The summed E-state index contributed by atoms with van der Waals surface area (Å²) in [5.41, 5.74) is 3.86. The first-order chi connectivity index (χ1) is 9.29. The molecule has 1 fully saturated rings. The van der Waals surface area contributed by atoms with E-state index in [2.05, 4.69) is 29.5 Å². The second-order valence-electron chi connectivity index (χ2n) is 5.50. The minimum absolute atomic E-state index is 0.623. The van der Waals surface area contributed by atoms with Gasteiger partial charge in [0.1, 0.15) is 5.75 Å². The van der Waals surface area contributed by atoms with E-state index < -0.39 is 0 Å². The number of hydrogen-bond donors (Lipinski definition) is 2. The van der Waals surface area contributed by atoms with Crippen LogP contribution in [-0.4, -0.2) is 24.7 Å². The number of rotatable bonds is 3. The first kappa shape index (κ1) is 12.5. The molecule has 0 spiro atoms. The topological polar surface area (TPSA) is 37.0 Å². The molecule has 0 saturated carbocycles. The van der Waals surface area contributed by atoms with Crippen molar-refractivity contribution in [1.29, 1.82) is 0 Å². The number of nitrogens with one attached hydrogen (secondary N) is 2. The van der Waals surface area contributed by atoms with Crippen LogP contribution in [0.2, 0.25) is 0 Å². The molecule has 3 rings (SSSR count). The smallest absolute Gasteiger partial charge is 0.142 e. The summed E-state index contributed by atoms with van der Waals surface area (Å²) in [6.45, 7) is 3.34. The van der Waals surface area contributed by atoms with Gasteiger partial charge in [0.05, 0.1) is 12.6 Å². The molecule has 1 aliphatic heterocycles. The third-order valence-electron chi connectivity index (χ3n) is 4.19. The molecule has 2 N–H and O–H groups in total. The maximum absolute atomic E-state index is 5.44. The number of benzene rings is 1. The molecule has 3 heteroatoms. The summed E-state index contributed by atoms with van der Waals surface area (Å²) in [6.07, 6.45) is 7.21. The monoisotopic (exact) mass is 258 g/mol. The predicted molar refractivity (Wildman–Crippen MR) is 78.9 cm³/mol. The van der Waals surface area contributed by atoms with Gasteiger partial charge < -0.3 is 15.0 Å². The molecule has 0 bridgehead atoms. The maximum atomic E-state index is 5.44. The predicted octanol–water partition coefficient (Wildman–Crippen LogP) is 3.17. The molecule has 3 nitrogen and oxygen atoms in total. The Morgan fingerprint density at radius 3 is 2.95 bits per heavy atom. The molecule has 1 aromatic heterocycles. The van der Waals surface area contributed by atoms with Crippen LogP contribution >= 0.6 is 0 Å². The number of aromatic nitrogens is 1. The Balaban J connectivity index is 1.95. The molecule has 1 aliphatic rings. The van der Waals surface area contributed by atoms with Crippen molar-refractivity contribution in [2.45, 2.75) is 38.6 Å². The minimum atomic E-state index is 0.623. The number of methoxy groups -OCH3 is 1. The number of aromatic amines is 1. The summed E-state index contributed by atoms with van der Waals surface area (Å²) >= 11 is 0.